The van der Waals surface area contributed by atoms with Gasteiger partial charge >= 0.3 is 5.97 Å². The van der Waals surface area contributed by atoms with Crippen LogP contribution in [0.5, 0.6) is 0 Å². The van der Waals surface area contributed by atoms with E-state index >= 15 is 0 Å². The normalized spacial score (nSPS) is 14.3. The number of pyridine rings is 1. The largest absolute Gasteiger partial charge is 0.481 e. The van der Waals surface area contributed by atoms with E-state index in [4.69, 9.17) is 5.11 Å². The molecule has 18 heavy (non-hydrogen) atoms. The molecule has 0 atom stereocenters. The van der Waals surface area contributed by atoms with Crippen LogP contribution in [-0.4, -0.2) is 39.5 Å². The highest BCUT2D eigenvalue weighted by atomic mass is 79.9. The minimum atomic E-state index is -0.895. The van der Waals surface area contributed by atoms with E-state index in [2.05, 4.69) is 20.9 Å². The molecule has 6 heteroatoms. The van der Waals surface area contributed by atoms with Crippen LogP contribution in [0, 0.1) is 0 Å². The maximum absolute atomic E-state index is 12.3. The third-order valence-corrected chi connectivity index (χ3v) is 3.42. The third-order valence-electron chi connectivity index (χ3n) is 2.78. The Morgan fingerprint density at radius 1 is 1.50 bits per heavy atom. The molecule has 1 aliphatic rings. The van der Waals surface area contributed by atoms with E-state index in [9.17, 15) is 9.59 Å². The molecule has 1 N–H and O–H groups in total. The SMILES string of the molecule is O=C(O)CCN(C(=O)c1ncccc1Br)C1CC1. The number of carboxylic acids is 1. The molecule has 1 amide bonds. The summed E-state index contributed by atoms with van der Waals surface area (Å²) < 4.78 is 0.635. The second-order valence-corrected chi connectivity index (χ2v) is 5.06. The molecule has 0 bridgehead atoms. The van der Waals surface area contributed by atoms with Gasteiger partial charge in [0.25, 0.3) is 5.91 Å². The van der Waals surface area contributed by atoms with Gasteiger partial charge < -0.3 is 10.0 Å². The van der Waals surface area contributed by atoms with Crippen LogP contribution in [0.3, 0.4) is 0 Å². The van der Waals surface area contributed by atoms with Gasteiger partial charge in [0.05, 0.1) is 6.42 Å². The van der Waals surface area contributed by atoms with Crippen molar-refractivity contribution in [1.29, 1.82) is 0 Å². The summed E-state index contributed by atoms with van der Waals surface area (Å²) in [7, 11) is 0. The molecular formula is C12H13BrN2O3. The molecule has 1 fully saturated rings. The fourth-order valence-electron chi connectivity index (χ4n) is 1.73. The number of amides is 1. The molecule has 5 nitrogen and oxygen atoms in total. The fraction of sp³-hybridized carbons (Fsp3) is 0.417. The summed E-state index contributed by atoms with van der Waals surface area (Å²) in [5, 5.41) is 8.71. The minimum Gasteiger partial charge on any atom is -0.481 e. The van der Waals surface area contributed by atoms with Crippen molar-refractivity contribution in [2.45, 2.75) is 25.3 Å². The average molecular weight is 313 g/mol. The van der Waals surface area contributed by atoms with Crippen LogP contribution in [0.15, 0.2) is 22.8 Å². The molecule has 1 heterocycles. The molecule has 1 saturated carbocycles. The van der Waals surface area contributed by atoms with Gasteiger partial charge in [0.15, 0.2) is 0 Å². The Bertz CT molecular complexity index is 474. The zero-order chi connectivity index (χ0) is 13.1. The van der Waals surface area contributed by atoms with Crippen molar-refractivity contribution >= 4 is 27.8 Å². The Hall–Kier alpha value is -1.43. The van der Waals surface area contributed by atoms with Gasteiger partial charge in [0.1, 0.15) is 5.69 Å². The first-order chi connectivity index (χ1) is 8.59. The summed E-state index contributed by atoms with van der Waals surface area (Å²) in [4.78, 5) is 28.6. The molecule has 1 aliphatic carbocycles. The highest BCUT2D eigenvalue weighted by Crippen LogP contribution is 2.29. The van der Waals surface area contributed by atoms with Crippen molar-refractivity contribution in [3.8, 4) is 0 Å². The zero-order valence-corrected chi connectivity index (χ0v) is 11.3. The van der Waals surface area contributed by atoms with Crippen molar-refractivity contribution in [3.05, 3.63) is 28.5 Å². The number of carboxylic acid groups (broad SMARTS) is 1. The van der Waals surface area contributed by atoms with Gasteiger partial charge in [-0.1, -0.05) is 0 Å². The predicted molar refractivity (Wildman–Crippen MR) is 68.2 cm³/mol. The predicted octanol–water partition coefficient (Wildman–Crippen LogP) is 1.92. The topological polar surface area (TPSA) is 70.5 Å². The average Bonchev–Trinajstić information content (AvgIpc) is 3.13. The van der Waals surface area contributed by atoms with Crippen LogP contribution in [0.25, 0.3) is 0 Å². The molecule has 1 aromatic heterocycles. The summed E-state index contributed by atoms with van der Waals surface area (Å²) >= 11 is 3.29. The minimum absolute atomic E-state index is 0.0350. The summed E-state index contributed by atoms with van der Waals surface area (Å²) in [6.07, 6.45) is 3.40. The molecule has 2 rings (SSSR count). The first kappa shape index (κ1) is 13.0. The van der Waals surface area contributed by atoms with E-state index in [1.807, 2.05) is 0 Å². The van der Waals surface area contributed by atoms with Gasteiger partial charge in [-0.3, -0.25) is 9.59 Å². The van der Waals surface area contributed by atoms with Crippen LogP contribution in [0.2, 0.25) is 0 Å². The van der Waals surface area contributed by atoms with E-state index in [-0.39, 0.29) is 24.9 Å². The number of hydrogen-bond donors (Lipinski definition) is 1. The first-order valence-electron chi connectivity index (χ1n) is 5.73. The molecular weight excluding hydrogens is 300 g/mol. The van der Waals surface area contributed by atoms with E-state index < -0.39 is 5.97 Å². The van der Waals surface area contributed by atoms with E-state index in [1.54, 1.807) is 23.2 Å². The van der Waals surface area contributed by atoms with Crippen molar-refractivity contribution in [1.82, 2.24) is 9.88 Å². The second kappa shape index (κ2) is 5.48. The summed E-state index contributed by atoms with van der Waals surface area (Å²) in [5.74, 6) is -1.10. The van der Waals surface area contributed by atoms with E-state index in [1.165, 1.54) is 0 Å². The van der Waals surface area contributed by atoms with Crippen molar-refractivity contribution < 1.29 is 14.7 Å². The summed E-state index contributed by atoms with van der Waals surface area (Å²) in [6, 6.07) is 3.66. The van der Waals surface area contributed by atoms with Crippen molar-refractivity contribution in [2.24, 2.45) is 0 Å². The Kier molecular flexibility index (Phi) is 3.96. The number of nitrogens with zero attached hydrogens (tertiary/aromatic N) is 2. The van der Waals surface area contributed by atoms with Gasteiger partial charge in [-0.2, -0.15) is 0 Å². The Balaban J connectivity index is 2.13. The Morgan fingerprint density at radius 2 is 2.22 bits per heavy atom. The Labute approximate surface area is 113 Å². The molecule has 0 saturated heterocycles. The highest BCUT2D eigenvalue weighted by molar-refractivity contribution is 9.10. The van der Waals surface area contributed by atoms with Crippen LogP contribution in [-0.2, 0) is 4.79 Å². The van der Waals surface area contributed by atoms with Gasteiger partial charge in [0, 0.05) is 23.3 Å². The van der Waals surface area contributed by atoms with Crippen LogP contribution in [0.1, 0.15) is 29.8 Å². The maximum Gasteiger partial charge on any atom is 0.305 e. The number of rotatable bonds is 5. The molecule has 0 aliphatic heterocycles. The standard InChI is InChI=1S/C12H13BrN2O3/c13-9-2-1-6-14-11(9)12(18)15(8-3-4-8)7-5-10(16)17/h1-2,6,8H,3-5,7H2,(H,16,17). The van der Waals surface area contributed by atoms with Crippen LogP contribution >= 0.6 is 15.9 Å². The highest BCUT2D eigenvalue weighted by Gasteiger charge is 2.34. The molecule has 0 radical (unpaired) electrons. The van der Waals surface area contributed by atoms with E-state index in [0.717, 1.165) is 12.8 Å². The first-order valence-corrected chi connectivity index (χ1v) is 6.52. The van der Waals surface area contributed by atoms with Crippen molar-refractivity contribution in [2.75, 3.05) is 6.54 Å². The smallest absolute Gasteiger partial charge is 0.305 e. The number of aliphatic carboxylic acids is 1. The molecule has 1 aromatic rings. The monoisotopic (exact) mass is 312 g/mol. The number of aromatic nitrogens is 1. The number of halogens is 1. The zero-order valence-electron chi connectivity index (χ0n) is 9.67. The van der Waals surface area contributed by atoms with Crippen LogP contribution in [0.4, 0.5) is 0 Å². The molecule has 0 aromatic carbocycles. The van der Waals surface area contributed by atoms with Crippen LogP contribution < -0.4 is 0 Å². The lowest BCUT2D eigenvalue weighted by Gasteiger charge is -2.21. The van der Waals surface area contributed by atoms with Gasteiger partial charge in [-0.15, -0.1) is 0 Å². The lowest BCUT2D eigenvalue weighted by atomic mass is 10.3. The summed E-state index contributed by atoms with van der Waals surface area (Å²) in [6.45, 7) is 0.238. The van der Waals surface area contributed by atoms with Gasteiger partial charge in [-0.05, 0) is 40.9 Å². The quantitative estimate of drug-likeness (QED) is 0.901. The lowest BCUT2D eigenvalue weighted by Crippen LogP contribution is -2.35. The number of carbonyl (C=O) groups excluding carboxylic acids is 1. The van der Waals surface area contributed by atoms with Crippen molar-refractivity contribution in [3.63, 3.8) is 0 Å². The number of carbonyl (C=O) groups is 2. The van der Waals surface area contributed by atoms with E-state index in [0.29, 0.717) is 10.2 Å². The van der Waals surface area contributed by atoms with Gasteiger partial charge in [-0.25, -0.2) is 4.98 Å². The maximum atomic E-state index is 12.3. The fourth-order valence-corrected chi connectivity index (χ4v) is 2.16. The summed E-state index contributed by atoms with van der Waals surface area (Å²) in [5.41, 5.74) is 0.342. The second-order valence-electron chi connectivity index (χ2n) is 4.21. The molecule has 0 spiro atoms. The number of hydrogen-bond acceptors (Lipinski definition) is 3. The molecule has 96 valence electrons. The lowest BCUT2D eigenvalue weighted by molar-refractivity contribution is -0.137. The molecule has 0 unspecified atom stereocenters. The third kappa shape index (κ3) is 3.07. The van der Waals surface area contributed by atoms with Gasteiger partial charge in [0.2, 0.25) is 0 Å². The Morgan fingerprint density at radius 3 is 2.78 bits per heavy atom.